The molecule has 8 heteroatoms. The summed E-state index contributed by atoms with van der Waals surface area (Å²) in [6.45, 7) is 1.54. The van der Waals surface area contributed by atoms with Gasteiger partial charge < -0.3 is 10.4 Å². The molecule has 0 radical (unpaired) electrons. The number of carboxylic acids is 1. The number of carboxylic acid groups (broad SMARTS) is 1. The van der Waals surface area contributed by atoms with Crippen LogP contribution in [-0.4, -0.2) is 27.7 Å². The van der Waals surface area contributed by atoms with Crippen molar-refractivity contribution in [2.24, 2.45) is 5.92 Å². The summed E-state index contributed by atoms with van der Waals surface area (Å²) in [5.74, 6) is -1.53. The third kappa shape index (κ3) is 2.90. The lowest BCUT2D eigenvalue weighted by atomic mass is 10.1. The number of anilines is 1. The summed E-state index contributed by atoms with van der Waals surface area (Å²) >= 11 is 1.11. The smallest absolute Gasteiger partial charge is 0.307 e. The SMILES string of the molecule is CC(CSc1cc2c(cc1[N+](=O)[O-])CC(=O)N2)C(=O)O. The van der Waals surface area contributed by atoms with Crippen molar-refractivity contribution in [2.75, 3.05) is 11.1 Å². The lowest BCUT2D eigenvalue weighted by Crippen LogP contribution is -2.11. The second-order valence-corrected chi connectivity index (χ2v) is 5.57. The second-order valence-electron chi connectivity index (χ2n) is 4.51. The summed E-state index contributed by atoms with van der Waals surface area (Å²) in [5.41, 5.74) is 1.06. The van der Waals surface area contributed by atoms with Crippen LogP contribution < -0.4 is 5.32 Å². The van der Waals surface area contributed by atoms with Gasteiger partial charge in [-0.3, -0.25) is 19.7 Å². The maximum absolute atomic E-state index is 11.3. The van der Waals surface area contributed by atoms with E-state index in [0.29, 0.717) is 16.1 Å². The van der Waals surface area contributed by atoms with Crippen molar-refractivity contribution >= 4 is 35.0 Å². The van der Waals surface area contributed by atoms with Crippen LogP contribution in [0.1, 0.15) is 12.5 Å². The van der Waals surface area contributed by atoms with Gasteiger partial charge in [-0.05, 0) is 11.6 Å². The summed E-state index contributed by atoms with van der Waals surface area (Å²) in [5, 5.41) is 22.5. The standard InChI is InChI=1S/C12H12N2O5S/c1-6(12(16)17)5-20-10-4-8-7(3-11(15)13-8)2-9(10)14(18)19/h2,4,6H,3,5H2,1H3,(H,13,15)(H,16,17). The van der Waals surface area contributed by atoms with Gasteiger partial charge in [0.15, 0.2) is 0 Å². The molecule has 1 aliphatic rings. The number of rotatable bonds is 5. The van der Waals surface area contributed by atoms with Gasteiger partial charge in [0.2, 0.25) is 5.91 Å². The number of carbonyl (C=O) groups is 2. The predicted octanol–water partition coefficient (Wildman–Crippen LogP) is 1.90. The number of nitrogens with zero attached hydrogens (tertiary/aromatic N) is 1. The fraction of sp³-hybridized carbons (Fsp3) is 0.333. The Morgan fingerprint density at radius 3 is 2.90 bits per heavy atom. The van der Waals surface area contributed by atoms with Crippen molar-refractivity contribution in [1.29, 1.82) is 0 Å². The van der Waals surface area contributed by atoms with Crippen LogP contribution in [0.2, 0.25) is 0 Å². The number of nitro benzene ring substituents is 1. The van der Waals surface area contributed by atoms with E-state index >= 15 is 0 Å². The van der Waals surface area contributed by atoms with Crippen LogP contribution in [0, 0.1) is 16.0 Å². The molecule has 1 aliphatic heterocycles. The van der Waals surface area contributed by atoms with Crippen LogP contribution in [0.15, 0.2) is 17.0 Å². The second kappa shape index (κ2) is 5.49. The Kier molecular flexibility index (Phi) is 3.93. The first-order chi connectivity index (χ1) is 9.38. The molecule has 0 spiro atoms. The third-order valence-electron chi connectivity index (χ3n) is 2.92. The van der Waals surface area contributed by atoms with Crippen molar-refractivity contribution in [3.05, 3.63) is 27.8 Å². The number of thioether (sulfide) groups is 1. The molecule has 1 heterocycles. The maximum atomic E-state index is 11.3. The summed E-state index contributed by atoms with van der Waals surface area (Å²) in [7, 11) is 0. The van der Waals surface area contributed by atoms with Gasteiger partial charge in [0.1, 0.15) is 0 Å². The molecular formula is C12H12N2O5S. The minimum absolute atomic E-state index is 0.0946. The van der Waals surface area contributed by atoms with E-state index < -0.39 is 16.8 Å². The molecule has 0 bridgehead atoms. The molecule has 1 aromatic carbocycles. The Hall–Kier alpha value is -2.09. The van der Waals surface area contributed by atoms with Gasteiger partial charge >= 0.3 is 5.97 Å². The summed E-state index contributed by atoms with van der Waals surface area (Å²) < 4.78 is 0. The highest BCUT2D eigenvalue weighted by molar-refractivity contribution is 7.99. The fourth-order valence-electron chi connectivity index (χ4n) is 1.79. The molecule has 0 fully saturated rings. The maximum Gasteiger partial charge on any atom is 0.307 e. The van der Waals surface area contributed by atoms with E-state index in [-0.39, 0.29) is 23.8 Å². The minimum atomic E-state index is -0.949. The van der Waals surface area contributed by atoms with Crippen LogP contribution in [0.5, 0.6) is 0 Å². The van der Waals surface area contributed by atoms with Crippen LogP contribution >= 0.6 is 11.8 Å². The number of fused-ring (bicyclic) bond motifs is 1. The van der Waals surface area contributed by atoms with E-state index in [1.165, 1.54) is 19.1 Å². The Labute approximate surface area is 118 Å². The van der Waals surface area contributed by atoms with Gasteiger partial charge in [-0.25, -0.2) is 0 Å². The topological polar surface area (TPSA) is 110 Å². The van der Waals surface area contributed by atoms with E-state index in [9.17, 15) is 19.7 Å². The number of benzene rings is 1. The zero-order valence-electron chi connectivity index (χ0n) is 10.6. The average Bonchev–Trinajstić information content (AvgIpc) is 2.73. The van der Waals surface area contributed by atoms with Crippen molar-refractivity contribution in [2.45, 2.75) is 18.2 Å². The molecule has 106 valence electrons. The van der Waals surface area contributed by atoms with Crippen LogP contribution in [0.3, 0.4) is 0 Å². The third-order valence-corrected chi connectivity index (χ3v) is 4.22. The number of nitro groups is 1. The Morgan fingerprint density at radius 1 is 1.60 bits per heavy atom. The highest BCUT2D eigenvalue weighted by atomic mass is 32.2. The quantitative estimate of drug-likeness (QED) is 0.488. The van der Waals surface area contributed by atoms with Crippen molar-refractivity contribution in [1.82, 2.24) is 0 Å². The number of carbonyl (C=O) groups excluding carboxylic acids is 1. The average molecular weight is 296 g/mol. The van der Waals surface area contributed by atoms with Crippen LogP contribution in [0.4, 0.5) is 11.4 Å². The van der Waals surface area contributed by atoms with Gasteiger partial charge in [0.25, 0.3) is 5.69 Å². The first-order valence-electron chi connectivity index (χ1n) is 5.85. The number of amides is 1. The zero-order valence-corrected chi connectivity index (χ0v) is 11.4. The number of hydrogen-bond acceptors (Lipinski definition) is 5. The molecule has 1 unspecified atom stereocenters. The molecule has 0 aliphatic carbocycles. The summed E-state index contributed by atoms with van der Waals surface area (Å²) in [4.78, 5) is 32.9. The van der Waals surface area contributed by atoms with Gasteiger partial charge in [0, 0.05) is 17.5 Å². The Bertz CT molecular complexity index is 602. The lowest BCUT2D eigenvalue weighted by molar-refractivity contribution is -0.387. The molecule has 0 saturated carbocycles. The molecule has 20 heavy (non-hydrogen) atoms. The first-order valence-corrected chi connectivity index (χ1v) is 6.84. The van der Waals surface area contributed by atoms with Gasteiger partial charge in [-0.1, -0.05) is 6.92 Å². The van der Waals surface area contributed by atoms with Gasteiger partial charge in [0.05, 0.1) is 22.2 Å². The monoisotopic (exact) mass is 296 g/mol. The number of nitrogens with one attached hydrogen (secondary N) is 1. The molecular weight excluding hydrogens is 284 g/mol. The van der Waals surface area contributed by atoms with Crippen LogP contribution in [0.25, 0.3) is 0 Å². The molecule has 2 rings (SSSR count). The van der Waals surface area contributed by atoms with Crippen molar-refractivity contribution < 1.29 is 19.6 Å². The van der Waals surface area contributed by atoms with E-state index in [1.807, 2.05) is 0 Å². The van der Waals surface area contributed by atoms with Crippen LogP contribution in [-0.2, 0) is 16.0 Å². The summed E-state index contributed by atoms with van der Waals surface area (Å²) in [6, 6.07) is 2.92. The van der Waals surface area contributed by atoms with Gasteiger partial charge in [-0.2, -0.15) is 0 Å². The van der Waals surface area contributed by atoms with Crippen molar-refractivity contribution in [3.63, 3.8) is 0 Å². The van der Waals surface area contributed by atoms with E-state index in [1.54, 1.807) is 0 Å². The van der Waals surface area contributed by atoms with Crippen molar-refractivity contribution in [3.8, 4) is 0 Å². The highest BCUT2D eigenvalue weighted by Crippen LogP contribution is 2.37. The molecule has 0 saturated heterocycles. The van der Waals surface area contributed by atoms with E-state index in [4.69, 9.17) is 5.11 Å². The minimum Gasteiger partial charge on any atom is -0.481 e. The molecule has 7 nitrogen and oxygen atoms in total. The normalized spacial score (nSPS) is 14.6. The Morgan fingerprint density at radius 2 is 2.30 bits per heavy atom. The zero-order chi connectivity index (χ0) is 14.9. The Balaban J connectivity index is 2.27. The predicted molar refractivity (Wildman–Crippen MR) is 73.0 cm³/mol. The lowest BCUT2D eigenvalue weighted by Gasteiger charge is -2.08. The first kappa shape index (κ1) is 14.3. The molecule has 1 amide bonds. The number of hydrogen-bond donors (Lipinski definition) is 2. The fourth-order valence-corrected chi connectivity index (χ4v) is 2.84. The van der Waals surface area contributed by atoms with E-state index in [0.717, 1.165) is 11.8 Å². The molecule has 1 atom stereocenters. The number of aliphatic carboxylic acids is 1. The van der Waals surface area contributed by atoms with E-state index in [2.05, 4.69) is 5.32 Å². The molecule has 0 aromatic heterocycles. The van der Waals surface area contributed by atoms with Gasteiger partial charge in [-0.15, -0.1) is 11.8 Å². The summed E-state index contributed by atoms with van der Waals surface area (Å²) in [6.07, 6.45) is 0.132. The highest BCUT2D eigenvalue weighted by Gasteiger charge is 2.25. The molecule has 1 aromatic rings. The molecule has 2 N–H and O–H groups in total. The largest absolute Gasteiger partial charge is 0.481 e.